The van der Waals surface area contributed by atoms with Gasteiger partial charge in [0.15, 0.2) is 5.82 Å². The summed E-state index contributed by atoms with van der Waals surface area (Å²) >= 11 is 1.61. The van der Waals surface area contributed by atoms with Crippen LogP contribution in [0.3, 0.4) is 0 Å². The number of nitrogens with one attached hydrogen (secondary N) is 1. The highest BCUT2D eigenvalue weighted by atomic mass is 32.1. The van der Waals surface area contributed by atoms with Crippen molar-refractivity contribution in [1.29, 1.82) is 0 Å². The van der Waals surface area contributed by atoms with Gasteiger partial charge in [-0.05, 0) is 30.7 Å². The van der Waals surface area contributed by atoms with Crippen molar-refractivity contribution in [3.8, 4) is 0 Å². The first-order valence-electron chi connectivity index (χ1n) is 7.46. The van der Waals surface area contributed by atoms with Crippen molar-refractivity contribution >= 4 is 35.2 Å². The number of fused-ring (bicyclic) bond motifs is 2. The number of urea groups is 1. The Morgan fingerprint density at radius 2 is 2.00 bits per heavy atom. The number of carbonyl (C=O) groups excluding carboxylic acids is 2. The molecule has 10 heteroatoms. The second-order valence-electron chi connectivity index (χ2n) is 5.81. The third-order valence-electron chi connectivity index (χ3n) is 4.35. The monoisotopic (exact) mass is 345 g/mol. The summed E-state index contributed by atoms with van der Waals surface area (Å²) in [4.78, 5) is 39.3. The molecular formula is C14H15N7O2S. The van der Waals surface area contributed by atoms with E-state index in [0.29, 0.717) is 6.42 Å². The van der Waals surface area contributed by atoms with Gasteiger partial charge in [0.1, 0.15) is 5.54 Å². The topological polar surface area (TPSA) is 140 Å². The van der Waals surface area contributed by atoms with Crippen LogP contribution in [0.15, 0.2) is 11.4 Å². The number of anilines is 2. The van der Waals surface area contributed by atoms with Crippen molar-refractivity contribution in [3.05, 3.63) is 27.7 Å². The molecule has 2 aromatic rings. The minimum Gasteiger partial charge on any atom is -0.368 e. The first kappa shape index (κ1) is 14.8. The second kappa shape index (κ2) is 5.13. The van der Waals surface area contributed by atoms with E-state index in [1.165, 1.54) is 0 Å². The third kappa shape index (κ3) is 2.10. The van der Waals surface area contributed by atoms with Gasteiger partial charge in [-0.15, -0.1) is 11.3 Å². The number of amides is 3. The Labute approximate surface area is 141 Å². The van der Waals surface area contributed by atoms with Gasteiger partial charge in [-0.3, -0.25) is 9.69 Å². The molecule has 1 spiro atoms. The van der Waals surface area contributed by atoms with E-state index in [1.807, 2.05) is 11.4 Å². The molecule has 3 heterocycles. The van der Waals surface area contributed by atoms with Crippen LogP contribution in [0.2, 0.25) is 0 Å². The van der Waals surface area contributed by atoms with Crippen LogP contribution in [0, 0.1) is 0 Å². The molecule has 0 saturated carbocycles. The summed E-state index contributed by atoms with van der Waals surface area (Å²) in [7, 11) is 0. The van der Waals surface area contributed by atoms with E-state index in [-0.39, 0.29) is 30.2 Å². The zero-order valence-corrected chi connectivity index (χ0v) is 13.5. The maximum absolute atomic E-state index is 13.0. The van der Waals surface area contributed by atoms with E-state index in [9.17, 15) is 9.59 Å². The molecule has 4 rings (SSSR count). The Hall–Kier alpha value is -2.75. The minimum absolute atomic E-state index is 0.0444. The van der Waals surface area contributed by atoms with Crippen molar-refractivity contribution in [2.24, 2.45) is 0 Å². The van der Waals surface area contributed by atoms with Crippen LogP contribution in [0.4, 0.5) is 16.7 Å². The van der Waals surface area contributed by atoms with Gasteiger partial charge in [0.2, 0.25) is 11.9 Å². The fraction of sp³-hybridized carbons (Fsp3) is 0.357. The zero-order chi connectivity index (χ0) is 16.9. The van der Waals surface area contributed by atoms with E-state index in [0.717, 1.165) is 28.2 Å². The second-order valence-corrected chi connectivity index (χ2v) is 6.81. The molecule has 2 aliphatic rings. The Bertz CT molecular complexity index is 831. The average molecular weight is 345 g/mol. The summed E-state index contributed by atoms with van der Waals surface area (Å²) in [5.74, 6) is -0.194. The van der Waals surface area contributed by atoms with Crippen molar-refractivity contribution < 1.29 is 9.59 Å². The number of hydrogen-bond donors (Lipinski definition) is 3. The molecule has 1 atom stereocenters. The molecular weight excluding hydrogens is 330 g/mol. The van der Waals surface area contributed by atoms with Crippen LogP contribution >= 0.6 is 11.3 Å². The van der Waals surface area contributed by atoms with Gasteiger partial charge in [0.25, 0.3) is 5.91 Å². The summed E-state index contributed by atoms with van der Waals surface area (Å²) in [6, 6.07) is 1.45. The lowest BCUT2D eigenvalue weighted by Crippen LogP contribution is -2.46. The summed E-state index contributed by atoms with van der Waals surface area (Å²) in [5, 5.41) is 4.82. The highest BCUT2D eigenvalue weighted by Gasteiger charge is 2.54. The number of thiophene rings is 1. The first-order chi connectivity index (χ1) is 11.5. The van der Waals surface area contributed by atoms with Crippen LogP contribution in [0.5, 0.6) is 0 Å². The van der Waals surface area contributed by atoms with E-state index < -0.39 is 11.6 Å². The Morgan fingerprint density at radius 1 is 1.25 bits per heavy atom. The highest BCUT2D eigenvalue weighted by molar-refractivity contribution is 7.10. The van der Waals surface area contributed by atoms with Gasteiger partial charge in [-0.2, -0.15) is 15.0 Å². The number of aromatic nitrogens is 3. The summed E-state index contributed by atoms with van der Waals surface area (Å²) in [6.45, 7) is -0.0944. The summed E-state index contributed by atoms with van der Waals surface area (Å²) in [6.07, 6.45) is 2.36. The predicted octanol–water partition coefficient (Wildman–Crippen LogP) is 0.381. The van der Waals surface area contributed by atoms with Crippen molar-refractivity contribution in [2.75, 3.05) is 11.5 Å². The van der Waals surface area contributed by atoms with E-state index in [4.69, 9.17) is 11.5 Å². The Kier molecular flexibility index (Phi) is 3.17. The number of rotatable bonds is 2. The molecule has 0 aromatic carbocycles. The van der Waals surface area contributed by atoms with E-state index >= 15 is 0 Å². The number of imide groups is 1. The van der Waals surface area contributed by atoms with Gasteiger partial charge in [0, 0.05) is 10.4 Å². The van der Waals surface area contributed by atoms with Crippen molar-refractivity contribution in [2.45, 2.75) is 31.3 Å². The molecule has 1 fully saturated rings. The van der Waals surface area contributed by atoms with Gasteiger partial charge < -0.3 is 16.8 Å². The van der Waals surface area contributed by atoms with Crippen LogP contribution in [0.1, 0.15) is 29.1 Å². The number of nitrogens with zero attached hydrogens (tertiary/aromatic N) is 4. The number of carbonyl (C=O) groups is 2. The lowest BCUT2D eigenvalue weighted by Gasteiger charge is -2.31. The normalized spacial score (nSPS) is 22.8. The maximum Gasteiger partial charge on any atom is 0.325 e. The van der Waals surface area contributed by atoms with Gasteiger partial charge in [-0.1, -0.05) is 0 Å². The molecule has 5 N–H and O–H groups in total. The fourth-order valence-corrected chi connectivity index (χ4v) is 4.35. The standard InChI is InChI=1S/C14H15N7O2S/c15-11-17-9(18-12(16)19-11)6-21-10(22)14(20-13(21)23)4-1-2-8-7(14)3-5-24-8/h3,5H,1-2,4,6H2,(H,20,23)(H4,15,16,17,18,19). The molecule has 24 heavy (non-hydrogen) atoms. The van der Waals surface area contributed by atoms with Crippen LogP contribution < -0.4 is 16.8 Å². The van der Waals surface area contributed by atoms with E-state index in [2.05, 4.69) is 20.3 Å². The van der Waals surface area contributed by atoms with Crippen LogP contribution in [-0.4, -0.2) is 31.8 Å². The van der Waals surface area contributed by atoms with Crippen molar-refractivity contribution in [3.63, 3.8) is 0 Å². The molecule has 9 nitrogen and oxygen atoms in total. The average Bonchev–Trinajstić information content (AvgIpc) is 3.08. The molecule has 0 radical (unpaired) electrons. The van der Waals surface area contributed by atoms with Gasteiger partial charge in [-0.25, -0.2) is 4.79 Å². The van der Waals surface area contributed by atoms with E-state index in [1.54, 1.807) is 11.3 Å². The van der Waals surface area contributed by atoms with Crippen LogP contribution in [-0.2, 0) is 23.3 Å². The molecule has 1 saturated heterocycles. The molecule has 124 valence electrons. The Balaban J connectivity index is 1.68. The molecule has 2 aromatic heterocycles. The zero-order valence-electron chi connectivity index (χ0n) is 12.7. The number of aryl methyl sites for hydroxylation is 1. The molecule has 0 bridgehead atoms. The highest BCUT2D eigenvalue weighted by Crippen LogP contribution is 2.42. The maximum atomic E-state index is 13.0. The lowest BCUT2D eigenvalue weighted by atomic mass is 9.80. The lowest BCUT2D eigenvalue weighted by molar-refractivity contribution is -0.132. The van der Waals surface area contributed by atoms with Gasteiger partial charge in [0.05, 0.1) is 6.54 Å². The summed E-state index contributed by atoms with van der Waals surface area (Å²) in [5.41, 5.74) is 11.0. The fourth-order valence-electron chi connectivity index (χ4n) is 3.35. The summed E-state index contributed by atoms with van der Waals surface area (Å²) < 4.78 is 0. The number of nitrogen functional groups attached to an aromatic ring is 2. The first-order valence-corrected chi connectivity index (χ1v) is 8.34. The predicted molar refractivity (Wildman–Crippen MR) is 86.7 cm³/mol. The number of hydrogen-bond acceptors (Lipinski definition) is 8. The smallest absolute Gasteiger partial charge is 0.325 e. The molecule has 1 aliphatic heterocycles. The molecule has 3 amide bonds. The number of nitrogens with two attached hydrogens (primary N) is 2. The Morgan fingerprint density at radius 3 is 2.75 bits per heavy atom. The molecule has 1 unspecified atom stereocenters. The van der Waals surface area contributed by atoms with Gasteiger partial charge >= 0.3 is 6.03 Å². The molecule has 1 aliphatic carbocycles. The minimum atomic E-state index is -0.977. The SMILES string of the molecule is Nc1nc(N)nc(CN2C(=O)NC3(CCCc4sccc43)C2=O)n1. The van der Waals surface area contributed by atoms with Crippen LogP contribution in [0.25, 0.3) is 0 Å². The largest absolute Gasteiger partial charge is 0.368 e. The quantitative estimate of drug-likeness (QED) is 0.668. The third-order valence-corrected chi connectivity index (χ3v) is 5.33. The van der Waals surface area contributed by atoms with Crippen molar-refractivity contribution in [1.82, 2.24) is 25.2 Å².